The highest BCUT2D eigenvalue weighted by molar-refractivity contribution is 7.08. The third-order valence-corrected chi connectivity index (χ3v) is 4.75. The average Bonchev–Trinajstić information content (AvgIpc) is 3.05. The maximum Gasteiger partial charge on any atom is 0.146 e. The molecule has 0 radical (unpaired) electrons. The molecule has 0 amide bonds. The van der Waals surface area contributed by atoms with E-state index in [9.17, 15) is 0 Å². The summed E-state index contributed by atoms with van der Waals surface area (Å²) in [6, 6.07) is 6.04. The molecule has 0 aliphatic carbocycles. The van der Waals surface area contributed by atoms with Crippen molar-refractivity contribution in [1.82, 2.24) is 9.55 Å². The summed E-state index contributed by atoms with van der Waals surface area (Å²) in [6.45, 7) is 2.97. The SMILES string of the molecule is COc1cccc2c1nc(CCCl)n2Cc1cscc1C. The van der Waals surface area contributed by atoms with Gasteiger partial charge < -0.3 is 9.30 Å². The van der Waals surface area contributed by atoms with Crippen LogP contribution in [-0.4, -0.2) is 22.5 Å². The molecular weight excluding hydrogens is 304 g/mol. The Kier molecular flexibility index (Phi) is 4.17. The molecule has 2 aromatic heterocycles. The summed E-state index contributed by atoms with van der Waals surface area (Å²) in [5, 5.41) is 4.38. The minimum absolute atomic E-state index is 0.564. The van der Waals surface area contributed by atoms with E-state index in [1.54, 1.807) is 18.4 Å². The van der Waals surface area contributed by atoms with Crippen molar-refractivity contribution >= 4 is 34.0 Å². The number of rotatable bonds is 5. The Hall–Kier alpha value is -1.52. The van der Waals surface area contributed by atoms with E-state index >= 15 is 0 Å². The second-order valence-electron chi connectivity index (χ2n) is 4.96. The second kappa shape index (κ2) is 6.08. The molecule has 2 heterocycles. The van der Waals surface area contributed by atoms with Crippen LogP contribution >= 0.6 is 22.9 Å². The first-order valence-corrected chi connectivity index (χ1v) is 8.32. The highest BCUT2D eigenvalue weighted by Gasteiger charge is 2.14. The number of ether oxygens (including phenoxy) is 1. The molecule has 5 heteroatoms. The van der Waals surface area contributed by atoms with Crippen LogP contribution in [0.5, 0.6) is 5.75 Å². The summed E-state index contributed by atoms with van der Waals surface area (Å²) >= 11 is 7.68. The Labute approximate surface area is 133 Å². The van der Waals surface area contributed by atoms with E-state index in [2.05, 4.69) is 28.3 Å². The Morgan fingerprint density at radius 2 is 2.19 bits per heavy atom. The zero-order chi connectivity index (χ0) is 14.8. The van der Waals surface area contributed by atoms with Gasteiger partial charge in [0, 0.05) is 12.3 Å². The molecule has 0 N–H and O–H groups in total. The van der Waals surface area contributed by atoms with Crippen molar-refractivity contribution in [2.24, 2.45) is 0 Å². The van der Waals surface area contributed by atoms with Gasteiger partial charge in [-0.25, -0.2) is 4.98 Å². The molecular formula is C16H17ClN2OS. The summed E-state index contributed by atoms with van der Waals surface area (Å²) in [5.41, 5.74) is 4.66. The molecule has 0 saturated heterocycles. The Morgan fingerprint density at radius 3 is 2.86 bits per heavy atom. The fourth-order valence-electron chi connectivity index (χ4n) is 2.51. The zero-order valence-electron chi connectivity index (χ0n) is 12.1. The molecule has 3 rings (SSSR count). The third kappa shape index (κ3) is 2.65. The number of hydrogen-bond donors (Lipinski definition) is 0. The van der Waals surface area contributed by atoms with Gasteiger partial charge in [-0.05, 0) is 40.9 Å². The quantitative estimate of drug-likeness (QED) is 0.657. The molecule has 0 aliphatic rings. The van der Waals surface area contributed by atoms with Crippen molar-refractivity contribution in [3.63, 3.8) is 0 Å². The number of thiophene rings is 1. The van der Waals surface area contributed by atoms with Crippen LogP contribution in [0.4, 0.5) is 0 Å². The molecule has 1 aromatic carbocycles. The van der Waals surface area contributed by atoms with E-state index in [1.165, 1.54) is 11.1 Å². The van der Waals surface area contributed by atoms with Gasteiger partial charge in [0.1, 0.15) is 17.1 Å². The van der Waals surface area contributed by atoms with Crippen molar-refractivity contribution in [3.8, 4) is 5.75 Å². The number of fused-ring (bicyclic) bond motifs is 1. The van der Waals surface area contributed by atoms with E-state index in [0.717, 1.165) is 35.6 Å². The van der Waals surface area contributed by atoms with Gasteiger partial charge in [-0.15, -0.1) is 11.6 Å². The lowest BCUT2D eigenvalue weighted by molar-refractivity contribution is 0.419. The lowest BCUT2D eigenvalue weighted by atomic mass is 10.2. The minimum atomic E-state index is 0.564. The number of benzene rings is 1. The molecule has 21 heavy (non-hydrogen) atoms. The number of para-hydroxylation sites is 1. The van der Waals surface area contributed by atoms with Crippen LogP contribution < -0.4 is 4.74 Å². The second-order valence-corrected chi connectivity index (χ2v) is 6.08. The van der Waals surface area contributed by atoms with Crippen LogP contribution in [0, 0.1) is 6.92 Å². The molecule has 3 nitrogen and oxygen atoms in total. The fourth-order valence-corrected chi connectivity index (χ4v) is 3.52. The smallest absolute Gasteiger partial charge is 0.146 e. The summed E-state index contributed by atoms with van der Waals surface area (Å²) < 4.78 is 7.67. The maximum atomic E-state index is 5.94. The highest BCUT2D eigenvalue weighted by Crippen LogP contribution is 2.27. The number of methoxy groups -OCH3 is 1. The Balaban J connectivity index is 2.14. The van der Waals surface area contributed by atoms with Gasteiger partial charge in [0.15, 0.2) is 0 Å². The van der Waals surface area contributed by atoms with Crippen LogP contribution in [-0.2, 0) is 13.0 Å². The topological polar surface area (TPSA) is 27.1 Å². The van der Waals surface area contributed by atoms with E-state index in [0.29, 0.717) is 5.88 Å². The number of alkyl halides is 1. The average molecular weight is 321 g/mol. The number of aryl methyl sites for hydroxylation is 2. The Morgan fingerprint density at radius 1 is 1.33 bits per heavy atom. The van der Waals surface area contributed by atoms with Gasteiger partial charge in [0.2, 0.25) is 0 Å². The first-order chi connectivity index (χ1) is 10.2. The van der Waals surface area contributed by atoms with Crippen molar-refractivity contribution in [2.75, 3.05) is 13.0 Å². The maximum absolute atomic E-state index is 5.94. The van der Waals surface area contributed by atoms with Crippen molar-refractivity contribution < 1.29 is 4.74 Å². The van der Waals surface area contributed by atoms with Gasteiger partial charge in [-0.3, -0.25) is 0 Å². The van der Waals surface area contributed by atoms with Crippen LogP contribution in [0.2, 0.25) is 0 Å². The van der Waals surface area contributed by atoms with Crippen LogP contribution in [0.25, 0.3) is 11.0 Å². The predicted molar refractivity (Wildman–Crippen MR) is 88.9 cm³/mol. The minimum Gasteiger partial charge on any atom is -0.494 e. The summed E-state index contributed by atoms with van der Waals surface area (Å²) in [7, 11) is 1.68. The van der Waals surface area contributed by atoms with Gasteiger partial charge in [0.25, 0.3) is 0 Å². The first-order valence-electron chi connectivity index (χ1n) is 6.84. The van der Waals surface area contributed by atoms with Crippen LogP contribution in [0.15, 0.2) is 29.0 Å². The molecule has 0 fully saturated rings. The zero-order valence-corrected chi connectivity index (χ0v) is 13.7. The molecule has 0 unspecified atom stereocenters. The first kappa shape index (κ1) is 14.4. The number of aromatic nitrogens is 2. The molecule has 3 aromatic rings. The molecule has 0 bridgehead atoms. The van der Waals surface area contributed by atoms with E-state index in [1.807, 2.05) is 12.1 Å². The fraction of sp³-hybridized carbons (Fsp3) is 0.312. The van der Waals surface area contributed by atoms with Crippen LogP contribution in [0.3, 0.4) is 0 Å². The molecule has 0 spiro atoms. The van der Waals surface area contributed by atoms with Gasteiger partial charge in [0.05, 0.1) is 19.2 Å². The van der Waals surface area contributed by atoms with E-state index in [4.69, 9.17) is 21.3 Å². The lowest BCUT2D eigenvalue weighted by Crippen LogP contribution is -2.06. The van der Waals surface area contributed by atoms with Crippen molar-refractivity contribution in [1.29, 1.82) is 0 Å². The number of imidazole rings is 1. The Bertz CT molecular complexity index is 763. The predicted octanol–water partition coefficient (Wildman–Crippen LogP) is 4.24. The third-order valence-electron chi connectivity index (χ3n) is 3.65. The summed E-state index contributed by atoms with van der Waals surface area (Å²) in [4.78, 5) is 4.74. The van der Waals surface area contributed by atoms with Crippen LogP contribution in [0.1, 0.15) is 17.0 Å². The summed E-state index contributed by atoms with van der Waals surface area (Å²) in [5.74, 6) is 2.38. The normalized spacial score (nSPS) is 11.2. The number of nitrogens with zero attached hydrogens (tertiary/aromatic N) is 2. The monoisotopic (exact) mass is 320 g/mol. The molecule has 0 aliphatic heterocycles. The lowest BCUT2D eigenvalue weighted by Gasteiger charge is -2.08. The number of halogens is 1. The van der Waals surface area contributed by atoms with Gasteiger partial charge in [-0.1, -0.05) is 6.07 Å². The van der Waals surface area contributed by atoms with Crippen molar-refractivity contribution in [3.05, 3.63) is 45.9 Å². The van der Waals surface area contributed by atoms with E-state index < -0.39 is 0 Å². The molecule has 0 atom stereocenters. The highest BCUT2D eigenvalue weighted by atomic mass is 35.5. The summed E-state index contributed by atoms with van der Waals surface area (Å²) in [6.07, 6.45) is 0.753. The van der Waals surface area contributed by atoms with E-state index in [-0.39, 0.29) is 0 Å². The molecule has 0 saturated carbocycles. The number of hydrogen-bond acceptors (Lipinski definition) is 3. The van der Waals surface area contributed by atoms with Gasteiger partial charge >= 0.3 is 0 Å². The van der Waals surface area contributed by atoms with Crippen molar-refractivity contribution in [2.45, 2.75) is 19.9 Å². The standard InChI is InChI=1S/C16H17ClN2OS/c1-11-9-21-10-12(11)8-19-13-4-3-5-14(20-2)16(13)18-15(19)6-7-17/h3-5,9-10H,6-8H2,1-2H3. The largest absolute Gasteiger partial charge is 0.494 e. The molecule has 110 valence electrons. The van der Waals surface area contributed by atoms with Gasteiger partial charge in [-0.2, -0.15) is 11.3 Å².